The second-order valence-electron chi connectivity index (χ2n) is 2.94. The Bertz CT molecular complexity index is 184. The molecule has 0 heterocycles. The third-order valence-electron chi connectivity index (χ3n) is 1.80. The third kappa shape index (κ3) is 9.91. The topological polar surface area (TPSA) is 54.4 Å². The lowest BCUT2D eigenvalue weighted by atomic mass is 10.0. The van der Waals surface area contributed by atoms with E-state index < -0.39 is 10.1 Å². The van der Waals surface area contributed by atoms with Crippen molar-refractivity contribution in [2.24, 2.45) is 5.92 Å². The Labute approximate surface area is 75.9 Å². The van der Waals surface area contributed by atoms with Gasteiger partial charge in [-0.05, 0) is 18.8 Å². The summed E-state index contributed by atoms with van der Waals surface area (Å²) < 4.78 is 28.9. The normalized spacial score (nSPS) is 13.6. The minimum Gasteiger partial charge on any atom is -0.286 e. The molecule has 0 rings (SSSR count). The van der Waals surface area contributed by atoms with Crippen molar-refractivity contribution in [3.63, 3.8) is 0 Å². The van der Waals surface area contributed by atoms with Crippen LogP contribution in [0.15, 0.2) is 0 Å². The summed E-state index contributed by atoms with van der Waals surface area (Å²) in [6.07, 6.45) is 2.50. The SMILES string of the molecule is C.CCC(C)CCCS(=O)(=O)O. The average molecular weight is 196 g/mol. The molecule has 0 aromatic heterocycles. The molecule has 0 bridgehead atoms. The fourth-order valence-electron chi connectivity index (χ4n) is 0.818. The Kier molecular flexibility index (Phi) is 7.73. The van der Waals surface area contributed by atoms with E-state index in [9.17, 15) is 8.42 Å². The van der Waals surface area contributed by atoms with E-state index in [-0.39, 0.29) is 13.2 Å². The molecule has 1 unspecified atom stereocenters. The maximum absolute atomic E-state index is 10.3. The highest BCUT2D eigenvalue weighted by molar-refractivity contribution is 7.85. The Morgan fingerprint density at radius 1 is 1.42 bits per heavy atom. The minimum atomic E-state index is -3.73. The highest BCUT2D eigenvalue weighted by Gasteiger charge is 2.05. The molecule has 1 N–H and O–H groups in total. The molecular formula is C8H20O3S. The summed E-state index contributed by atoms with van der Waals surface area (Å²) in [5, 5.41) is 0. The molecule has 0 amide bonds. The zero-order valence-electron chi connectivity index (χ0n) is 7.08. The lowest BCUT2D eigenvalue weighted by Crippen LogP contribution is -2.05. The highest BCUT2D eigenvalue weighted by atomic mass is 32.2. The van der Waals surface area contributed by atoms with Crippen molar-refractivity contribution < 1.29 is 13.0 Å². The molecule has 3 nitrogen and oxygen atoms in total. The fraction of sp³-hybridized carbons (Fsp3) is 1.00. The predicted octanol–water partition coefficient (Wildman–Crippen LogP) is 2.34. The first-order valence-electron chi connectivity index (χ1n) is 3.91. The van der Waals surface area contributed by atoms with Crippen LogP contribution in [-0.4, -0.2) is 18.7 Å². The molecule has 0 aliphatic rings. The molecule has 1 atom stereocenters. The zero-order valence-corrected chi connectivity index (χ0v) is 7.89. The standard InChI is InChI=1S/C7H16O3S.CH4/c1-3-7(2)5-4-6-11(8,9)10;/h7H,3-6H2,1-2H3,(H,8,9,10);1H4. The van der Waals surface area contributed by atoms with Crippen LogP contribution in [0.3, 0.4) is 0 Å². The molecule has 4 heteroatoms. The van der Waals surface area contributed by atoms with Gasteiger partial charge in [0.05, 0.1) is 5.75 Å². The molecule has 0 saturated carbocycles. The van der Waals surface area contributed by atoms with Crippen molar-refractivity contribution in [1.29, 1.82) is 0 Å². The summed E-state index contributed by atoms with van der Waals surface area (Å²) in [6.45, 7) is 4.14. The van der Waals surface area contributed by atoms with E-state index in [1.165, 1.54) is 0 Å². The van der Waals surface area contributed by atoms with Crippen molar-refractivity contribution >= 4 is 10.1 Å². The van der Waals surface area contributed by atoms with Crippen molar-refractivity contribution in [2.45, 2.75) is 40.5 Å². The van der Waals surface area contributed by atoms with Crippen molar-refractivity contribution in [3.8, 4) is 0 Å². The van der Waals surface area contributed by atoms with E-state index in [2.05, 4.69) is 13.8 Å². The summed E-state index contributed by atoms with van der Waals surface area (Å²) in [5.41, 5.74) is 0. The first kappa shape index (κ1) is 14.4. The summed E-state index contributed by atoms with van der Waals surface area (Å²) in [5.74, 6) is 0.453. The Hall–Kier alpha value is -0.0900. The Morgan fingerprint density at radius 2 is 1.92 bits per heavy atom. The van der Waals surface area contributed by atoms with E-state index >= 15 is 0 Å². The molecule has 0 aliphatic carbocycles. The smallest absolute Gasteiger partial charge is 0.264 e. The van der Waals surface area contributed by atoms with Crippen LogP contribution in [0.1, 0.15) is 40.5 Å². The van der Waals surface area contributed by atoms with Crippen LogP contribution in [0.5, 0.6) is 0 Å². The van der Waals surface area contributed by atoms with Crippen LogP contribution in [0.4, 0.5) is 0 Å². The number of rotatable bonds is 5. The van der Waals surface area contributed by atoms with Crippen LogP contribution in [0.25, 0.3) is 0 Å². The van der Waals surface area contributed by atoms with Crippen LogP contribution < -0.4 is 0 Å². The third-order valence-corrected chi connectivity index (χ3v) is 2.60. The molecule has 0 aromatic carbocycles. The van der Waals surface area contributed by atoms with Gasteiger partial charge < -0.3 is 0 Å². The van der Waals surface area contributed by atoms with E-state index in [1.807, 2.05) is 0 Å². The van der Waals surface area contributed by atoms with Gasteiger partial charge in [0.2, 0.25) is 0 Å². The van der Waals surface area contributed by atoms with E-state index in [4.69, 9.17) is 4.55 Å². The Morgan fingerprint density at radius 3 is 2.25 bits per heavy atom. The van der Waals surface area contributed by atoms with Gasteiger partial charge in [0.25, 0.3) is 10.1 Å². The van der Waals surface area contributed by atoms with Crippen LogP contribution in [0, 0.1) is 5.92 Å². The van der Waals surface area contributed by atoms with Gasteiger partial charge in [-0.3, -0.25) is 4.55 Å². The van der Waals surface area contributed by atoms with E-state index in [0.29, 0.717) is 12.3 Å². The summed E-state index contributed by atoms with van der Waals surface area (Å²) in [4.78, 5) is 0. The fourth-order valence-corrected chi connectivity index (χ4v) is 1.35. The molecule has 12 heavy (non-hydrogen) atoms. The van der Waals surface area contributed by atoms with Gasteiger partial charge in [0, 0.05) is 0 Å². The van der Waals surface area contributed by atoms with Crippen LogP contribution in [-0.2, 0) is 10.1 Å². The van der Waals surface area contributed by atoms with Crippen LogP contribution in [0.2, 0.25) is 0 Å². The first-order valence-corrected chi connectivity index (χ1v) is 5.51. The van der Waals surface area contributed by atoms with Gasteiger partial charge >= 0.3 is 0 Å². The quantitative estimate of drug-likeness (QED) is 0.687. The largest absolute Gasteiger partial charge is 0.286 e. The zero-order chi connectivity index (χ0) is 8.91. The highest BCUT2D eigenvalue weighted by Crippen LogP contribution is 2.09. The number of hydrogen-bond acceptors (Lipinski definition) is 2. The molecule has 0 aliphatic heterocycles. The maximum atomic E-state index is 10.3. The first-order chi connectivity index (χ1) is 4.95. The predicted molar refractivity (Wildman–Crippen MR) is 51.8 cm³/mol. The van der Waals surface area contributed by atoms with Crippen molar-refractivity contribution in [1.82, 2.24) is 0 Å². The van der Waals surface area contributed by atoms with Crippen molar-refractivity contribution in [3.05, 3.63) is 0 Å². The molecule has 76 valence electrons. The summed E-state index contributed by atoms with van der Waals surface area (Å²) >= 11 is 0. The van der Waals surface area contributed by atoms with Crippen molar-refractivity contribution in [2.75, 3.05) is 5.75 Å². The van der Waals surface area contributed by atoms with Gasteiger partial charge in [0.15, 0.2) is 0 Å². The van der Waals surface area contributed by atoms with Gasteiger partial charge in [-0.1, -0.05) is 27.7 Å². The monoisotopic (exact) mass is 196 g/mol. The van der Waals surface area contributed by atoms with Gasteiger partial charge in [-0.15, -0.1) is 0 Å². The summed E-state index contributed by atoms with van der Waals surface area (Å²) in [6, 6.07) is 0. The van der Waals surface area contributed by atoms with E-state index in [0.717, 1.165) is 12.8 Å². The van der Waals surface area contributed by atoms with Gasteiger partial charge in [-0.2, -0.15) is 8.42 Å². The molecule has 0 fully saturated rings. The Balaban J connectivity index is 0. The van der Waals surface area contributed by atoms with Gasteiger partial charge in [0.1, 0.15) is 0 Å². The van der Waals surface area contributed by atoms with E-state index in [1.54, 1.807) is 0 Å². The second-order valence-corrected chi connectivity index (χ2v) is 4.51. The molecule has 0 aromatic rings. The molecular weight excluding hydrogens is 176 g/mol. The minimum absolute atomic E-state index is 0. The summed E-state index contributed by atoms with van der Waals surface area (Å²) in [7, 11) is -3.73. The van der Waals surface area contributed by atoms with Crippen LogP contribution >= 0.6 is 0 Å². The molecule has 0 radical (unpaired) electrons. The molecule has 0 saturated heterocycles. The molecule has 0 spiro atoms. The number of hydrogen-bond donors (Lipinski definition) is 1. The average Bonchev–Trinajstić information content (AvgIpc) is 1.85. The maximum Gasteiger partial charge on any atom is 0.264 e. The van der Waals surface area contributed by atoms with Gasteiger partial charge in [-0.25, -0.2) is 0 Å². The second kappa shape index (κ2) is 6.43. The lowest BCUT2D eigenvalue weighted by Gasteiger charge is -2.05. The lowest BCUT2D eigenvalue weighted by molar-refractivity contribution is 0.467.